The summed E-state index contributed by atoms with van der Waals surface area (Å²) in [7, 11) is 0. The molecule has 0 saturated heterocycles. The van der Waals surface area contributed by atoms with Crippen LogP contribution >= 0.6 is 0 Å². The molecule has 0 aromatic heterocycles. The minimum absolute atomic E-state index is 0.623. The molecule has 0 amide bonds. The van der Waals surface area contributed by atoms with Gasteiger partial charge in [-0.25, -0.2) is 4.39 Å². The lowest BCUT2D eigenvalue weighted by Crippen LogP contribution is -1.94. The first kappa shape index (κ1) is 8.93. The third-order valence-electron chi connectivity index (χ3n) is 1.30. The first-order chi connectivity index (χ1) is 4.13. The molecule has 0 bridgehead atoms. The normalized spacial score (nSPS) is 14.3. The van der Waals surface area contributed by atoms with Gasteiger partial charge in [-0.1, -0.05) is 26.7 Å². The number of hydrogen-bond donors (Lipinski definition) is 0. The highest BCUT2D eigenvalue weighted by Crippen LogP contribution is 2.09. The Bertz CT molecular complexity index is 49.6. The zero-order valence-electron chi connectivity index (χ0n) is 6.36. The van der Waals surface area contributed by atoms with Gasteiger partial charge in [0.15, 0.2) is 0 Å². The van der Waals surface area contributed by atoms with Gasteiger partial charge in [0.05, 0.1) is 0 Å². The smallest absolute Gasteiger partial charge is 0.100 e. The maximum Gasteiger partial charge on any atom is 0.100 e. The van der Waals surface area contributed by atoms with E-state index in [4.69, 9.17) is 0 Å². The van der Waals surface area contributed by atoms with Crippen LogP contribution < -0.4 is 0 Å². The number of alkyl halides is 1. The lowest BCUT2D eigenvalue weighted by atomic mass is 10.1. The van der Waals surface area contributed by atoms with E-state index in [0.29, 0.717) is 12.3 Å². The van der Waals surface area contributed by atoms with Crippen molar-refractivity contribution in [1.29, 1.82) is 0 Å². The molecule has 0 aromatic carbocycles. The van der Waals surface area contributed by atoms with Gasteiger partial charge >= 0.3 is 0 Å². The fourth-order valence-corrected chi connectivity index (χ4v) is 0.748. The molecule has 0 aliphatic heterocycles. The summed E-state index contributed by atoms with van der Waals surface area (Å²) in [5, 5.41) is 0. The highest BCUT2D eigenvalue weighted by molar-refractivity contribution is 4.57. The molecule has 1 radical (unpaired) electrons. The Hall–Kier alpha value is -0.0700. The third-order valence-corrected chi connectivity index (χ3v) is 1.30. The minimum atomic E-state index is -0.858. The van der Waals surface area contributed by atoms with E-state index in [2.05, 4.69) is 20.8 Å². The summed E-state index contributed by atoms with van der Waals surface area (Å²) in [4.78, 5) is 0. The van der Waals surface area contributed by atoms with Gasteiger partial charge in [-0.15, -0.1) is 0 Å². The Labute approximate surface area is 57.5 Å². The van der Waals surface area contributed by atoms with Crippen LogP contribution in [0.25, 0.3) is 0 Å². The van der Waals surface area contributed by atoms with Crippen LogP contribution in [0.2, 0.25) is 0 Å². The summed E-state index contributed by atoms with van der Waals surface area (Å²) in [6.07, 6.45) is 1.86. The molecule has 0 spiro atoms. The molecular formula is C8H16F. The quantitative estimate of drug-likeness (QED) is 0.550. The fraction of sp³-hybridized carbons (Fsp3) is 0.875. The average molecular weight is 131 g/mol. The van der Waals surface area contributed by atoms with Crippen LogP contribution in [0.5, 0.6) is 0 Å². The highest BCUT2D eigenvalue weighted by Gasteiger charge is 1.98. The van der Waals surface area contributed by atoms with Crippen molar-refractivity contribution in [3.05, 3.63) is 6.92 Å². The summed E-state index contributed by atoms with van der Waals surface area (Å²) >= 11 is 0. The van der Waals surface area contributed by atoms with Gasteiger partial charge < -0.3 is 0 Å². The van der Waals surface area contributed by atoms with Crippen LogP contribution in [0.4, 0.5) is 4.39 Å². The molecule has 0 nitrogen and oxygen atoms in total. The maximum absolute atomic E-state index is 12.0. The first-order valence-electron chi connectivity index (χ1n) is 3.60. The molecular weight excluding hydrogens is 115 g/mol. The van der Waals surface area contributed by atoms with E-state index in [1.54, 1.807) is 0 Å². The van der Waals surface area contributed by atoms with Crippen LogP contribution in [0.3, 0.4) is 0 Å². The minimum Gasteiger partial charge on any atom is -0.247 e. The largest absolute Gasteiger partial charge is 0.247 e. The standard InChI is InChI=1S/C8H16F/c1-7(2)5-4-6-8(3)9/h7-8H,3-6H2,1-2H3. The third kappa shape index (κ3) is 7.93. The van der Waals surface area contributed by atoms with Gasteiger partial charge in [0.1, 0.15) is 6.17 Å². The van der Waals surface area contributed by atoms with Gasteiger partial charge in [0, 0.05) is 0 Å². The Morgan fingerprint density at radius 3 is 2.22 bits per heavy atom. The van der Waals surface area contributed by atoms with E-state index in [0.717, 1.165) is 12.8 Å². The lowest BCUT2D eigenvalue weighted by Gasteiger charge is -2.03. The van der Waals surface area contributed by atoms with E-state index in [1.807, 2.05) is 0 Å². The predicted molar refractivity (Wildman–Crippen MR) is 38.9 cm³/mol. The van der Waals surface area contributed by atoms with Crippen molar-refractivity contribution in [3.8, 4) is 0 Å². The topological polar surface area (TPSA) is 0 Å². The highest BCUT2D eigenvalue weighted by atomic mass is 19.1. The molecule has 9 heavy (non-hydrogen) atoms. The van der Waals surface area contributed by atoms with Crippen molar-refractivity contribution in [2.75, 3.05) is 0 Å². The molecule has 0 heterocycles. The van der Waals surface area contributed by atoms with Crippen molar-refractivity contribution in [3.63, 3.8) is 0 Å². The summed E-state index contributed by atoms with van der Waals surface area (Å²) in [5.41, 5.74) is 0. The lowest BCUT2D eigenvalue weighted by molar-refractivity contribution is 0.355. The zero-order chi connectivity index (χ0) is 7.28. The Kier molecular flexibility index (Phi) is 4.74. The van der Waals surface area contributed by atoms with Crippen molar-refractivity contribution in [2.45, 2.75) is 39.3 Å². The van der Waals surface area contributed by atoms with E-state index < -0.39 is 6.17 Å². The van der Waals surface area contributed by atoms with Crippen LogP contribution in [0, 0.1) is 12.8 Å². The van der Waals surface area contributed by atoms with Crippen molar-refractivity contribution < 1.29 is 4.39 Å². The number of halogens is 1. The molecule has 0 rings (SSSR count). The van der Waals surface area contributed by atoms with Gasteiger partial charge in [-0.3, -0.25) is 0 Å². The van der Waals surface area contributed by atoms with Crippen molar-refractivity contribution in [1.82, 2.24) is 0 Å². The summed E-state index contributed by atoms with van der Waals surface area (Å²) < 4.78 is 12.0. The second-order valence-electron chi connectivity index (χ2n) is 2.92. The SMILES string of the molecule is [CH2]C(F)CCCC(C)C. The summed E-state index contributed by atoms with van der Waals surface area (Å²) in [6, 6.07) is 0. The zero-order valence-corrected chi connectivity index (χ0v) is 6.36. The fourth-order valence-electron chi connectivity index (χ4n) is 0.748. The van der Waals surface area contributed by atoms with Gasteiger partial charge in [0.25, 0.3) is 0 Å². The van der Waals surface area contributed by atoms with Gasteiger partial charge in [-0.2, -0.15) is 0 Å². The van der Waals surface area contributed by atoms with Gasteiger partial charge in [-0.05, 0) is 19.3 Å². The van der Waals surface area contributed by atoms with E-state index in [9.17, 15) is 4.39 Å². The molecule has 0 aliphatic carbocycles. The summed E-state index contributed by atoms with van der Waals surface area (Å²) in [5.74, 6) is 0.698. The average Bonchev–Trinajstić information content (AvgIpc) is 1.63. The molecule has 55 valence electrons. The molecule has 1 heteroatoms. The molecule has 1 unspecified atom stereocenters. The molecule has 0 saturated carbocycles. The molecule has 0 aromatic rings. The monoisotopic (exact) mass is 131 g/mol. The van der Waals surface area contributed by atoms with Crippen LogP contribution in [0.15, 0.2) is 0 Å². The second kappa shape index (κ2) is 4.78. The maximum atomic E-state index is 12.0. The molecule has 0 aliphatic rings. The molecule has 0 N–H and O–H groups in total. The Morgan fingerprint density at radius 1 is 1.33 bits per heavy atom. The van der Waals surface area contributed by atoms with Crippen LogP contribution in [-0.2, 0) is 0 Å². The number of hydrogen-bond acceptors (Lipinski definition) is 0. The summed E-state index contributed by atoms with van der Waals surface area (Å²) in [6.45, 7) is 7.57. The molecule has 0 fully saturated rings. The Morgan fingerprint density at radius 2 is 1.89 bits per heavy atom. The van der Waals surface area contributed by atoms with E-state index in [1.165, 1.54) is 0 Å². The van der Waals surface area contributed by atoms with Crippen molar-refractivity contribution in [2.24, 2.45) is 5.92 Å². The second-order valence-corrected chi connectivity index (χ2v) is 2.92. The van der Waals surface area contributed by atoms with Crippen molar-refractivity contribution >= 4 is 0 Å². The predicted octanol–water partition coefficient (Wildman–Crippen LogP) is 2.98. The van der Waals surface area contributed by atoms with Crippen LogP contribution in [0.1, 0.15) is 33.1 Å². The van der Waals surface area contributed by atoms with Gasteiger partial charge in [0.2, 0.25) is 0 Å². The molecule has 1 atom stereocenters. The number of rotatable bonds is 4. The van der Waals surface area contributed by atoms with E-state index >= 15 is 0 Å². The first-order valence-corrected chi connectivity index (χ1v) is 3.60. The van der Waals surface area contributed by atoms with E-state index in [-0.39, 0.29) is 0 Å². The Balaban J connectivity index is 2.91. The van der Waals surface area contributed by atoms with Crippen LogP contribution in [-0.4, -0.2) is 6.17 Å².